The monoisotopic (exact) mass is 351 g/mol. The van der Waals surface area contributed by atoms with Gasteiger partial charge in [0.15, 0.2) is 5.82 Å². The molecular weight excluding hydrogens is 333 g/mol. The first-order valence-electron chi connectivity index (χ1n) is 8.56. The maximum absolute atomic E-state index is 13.0. The van der Waals surface area contributed by atoms with E-state index in [-0.39, 0.29) is 17.6 Å². The number of halogens is 1. The van der Waals surface area contributed by atoms with Gasteiger partial charge in [-0.15, -0.1) is 0 Å². The molecule has 26 heavy (non-hydrogen) atoms. The van der Waals surface area contributed by atoms with E-state index in [1.165, 1.54) is 24.3 Å². The molecule has 1 aromatic carbocycles. The number of carbonyl (C=O) groups excluding carboxylic acids is 1. The highest BCUT2D eigenvalue weighted by Gasteiger charge is 2.27. The highest BCUT2D eigenvalue weighted by Crippen LogP contribution is 2.30. The van der Waals surface area contributed by atoms with E-state index in [2.05, 4.69) is 15.0 Å². The van der Waals surface area contributed by atoms with Gasteiger partial charge in [0.1, 0.15) is 12.1 Å². The van der Waals surface area contributed by atoms with Gasteiger partial charge >= 0.3 is 0 Å². The molecule has 1 amide bonds. The van der Waals surface area contributed by atoms with Crippen molar-refractivity contribution < 1.29 is 9.18 Å². The van der Waals surface area contributed by atoms with E-state index < -0.39 is 0 Å². The Balaban J connectivity index is 1.48. The molecule has 1 aliphatic heterocycles. The third-order valence-electron chi connectivity index (χ3n) is 4.72. The summed E-state index contributed by atoms with van der Waals surface area (Å²) in [5.74, 6) is 0.624. The van der Waals surface area contributed by atoms with Crippen LogP contribution in [-0.2, 0) is 0 Å². The average molecular weight is 351 g/mol. The van der Waals surface area contributed by atoms with E-state index in [9.17, 15) is 9.18 Å². The molecule has 2 aromatic heterocycles. The molecule has 7 heteroatoms. The third-order valence-corrected chi connectivity index (χ3v) is 4.72. The summed E-state index contributed by atoms with van der Waals surface area (Å²) in [5.41, 5.74) is 1.45. The Morgan fingerprint density at radius 3 is 2.46 bits per heavy atom. The summed E-state index contributed by atoms with van der Waals surface area (Å²) in [6, 6.07) is 5.70. The lowest BCUT2D eigenvalue weighted by atomic mass is 9.92. The molecule has 0 bridgehead atoms. The van der Waals surface area contributed by atoms with Crippen LogP contribution >= 0.6 is 0 Å². The minimum atomic E-state index is -0.338. The highest BCUT2D eigenvalue weighted by molar-refractivity contribution is 5.94. The summed E-state index contributed by atoms with van der Waals surface area (Å²) in [5, 5.41) is 0. The van der Waals surface area contributed by atoms with Crippen molar-refractivity contribution in [2.75, 3.05) is 13.1 Å². The molecule has 132 valence electrons. The number of rotatable bonds is 3. The van der Waals surface area contributed by atoms with Crippen LogP contribution in [0.15, 0.2) is 55.4 Å². The Morgan fingerprint density at radius 2 is 1.77 bits per heavy atom. The Bertz CT molecular complexity index is 887. The standard InChI is InChI=1S/C19H18FN5O/c20-16-3-1-15(2-4-16)19(26)24-10-5-14(6-11-24)17-18(23-8-7-22-17)25-12-9-21-13-25/h1-4,7-9,12-14H,5-6,10-11H2. The molecule has 4 rings (SSSR count). The third kappa shape index (κ3) is 3.20. The Kier molecular flexibility index (Phi) is 4.43. The lowest BCUT2D eigenvalue weighted by Crippen LogP contribution is -2.38. The van der Waals surface area contributed by atoms with Crippen molar-refractivity contribution in [2.45, 2.75) is 18.8 Å². The van der Waals surface area contributed by atoms with Gasteiger partial charge in [-0.3, -0.25) is 14.3 Å². The van der Waals surface area contributed by atoms with Crippen LogP contribution in [0.3, 0.4) is 0 Å². The zero-order valence-corrected chi connectivity index (χ0v) is 14.1. The van der Waals surface area contributed by atoms with E-state index in [1.807, 2.05) is 15.7 Å². The smallest absolute Gasteiger partial charge is 0.253 e. The predicted molar refractivity (Wildman–Crippen MR) is 93.4 cm³/mol. The van der Waals surface area contributed by atoms with Crippen LogP contribution in [0.4, 0.5) is 4.39 Å². The number of aromatic nitrogens is 4. The molecule has 0 atom stereocenters. The van der Waals surface area contributed by atoms with E-state index in [4.69, 9.17) is 0 Å². The first kappa shape index (κ1) is 16.4. The van der Waals surface area contributed by atoms with Crippen LogP contribution in [0.1, 0.15) is 34.8 Å². The van der Waals surface area contributed by atoms with Crippen molar-refractivity contribution in [2.24, 2.45) is 0 Å². The molecule has 0 radical (unpaired) electrons. The van der Waals surface area contributed by atoms with Crippen LogP contribution in [0.2, 0.25) is 0 Å². The van der Waals surface area contributed by atoms with E-state index >= 15 is 0 Å². The van der Waals surface area contributed by atoms with Crippen molar-refractivity contribution >= 4 is 5.91 Å². The van der Waals surface area contributed by atoms with Gasteiger partial charge in [0, 0.05) is 49.4 Å². The molecule has 0 spiro atoms. The maximum Gasteiger partial charge on any atom is 0.253 e. The molecule has 0 saturated carbocycles. The zero-order chi connectivity index (χ0) is 17.9. The number of nitrogens with zero attached hydrogens (tertiary/aromatic N) is 5. The fraction of sp³-hybridized carbons (Fsp3) is 0.263. The molecule has 0 N–H and O–H groups in total. The fourth-order valence-electron chi connectivity index (χ4n) is 3.34. The van der Waals surface area contributed by atoms with Crippen molar-refractivity contribution in [3.05, 3.63) is 72.5 Å². The molecule has 1 saturated heterocycles. The molecule has 1 aliphatic rings. The largest absolute Gasteiger partial charge is 0.339 e. The van der Waals surface area contributed by atoms with Gasteiger partial charge in [-0.1, -0.05) is 0 Å². The number of amides is 1. The van der Waals surface area contributed by atoms with Crippen molar-refractivity contribution in [3.8, 4) is 5.82 Å². The first-order valence-corrected chi connectivity index (χ1v) is 8.56. The lowest BCUT2D eigenvalue weighted by Gasteiger charge is -2.32. The van der Waals surface area contributed by atoms with Gasteiger partial charge in [0.05, 0.1) is 5.69 Å². The summed E-state index contributed by atoms with van der Waals surface area (Å²) >= 11 is 0. The summed E-state index contributed by atoms with van der Waals surface area (Å²) in [7, 11) is 0. The zero-order valence-electron chi connectivity index (χ0n) is 14.1. The summed E-state index contributed by atoms with van der Waals surface area (Å²) < 4.78 is 14.9. The maximum atomic E-state index is 13.0. The van der Waals surface area contributed by atoms with Gasteiger partial charge in [-0.05, 0) is 37.1 Å². The van der Waals surface area contributed by atoms with E-state index in [0.29, 0.717) is 18.7 Å². The Hall–Kier alpha value is -3.09. The van der Waals surface area contributed by atoms with Crippen LogP contribution < -0.4 is 0 Å². The van der Waals surface area contributed by atoms with Crippen LogP contribution in [0, 0.1) is 5.82 Å². The Morgan fingerprint density at radius 1 is 1.04 bits per heavy atom. The minimum Gasteiger partial charge on any atom is -0.339 e. The topological polar surface area (TPSA) is 63.9 Å². The van der Waals surface area contributed by atoms with Gasteiger partial charge in [-0.25, -0.2) is 14.4 Å². The summed E-state index contributed by atoms with van der Waals surface area (Å²) in [6.07, 6.45) is 10.3. The van der Waals surface area contributed by atoms with Gasteiger partial charge in [0.25, 0.3) is 5.91 Å². The second-order valence-corrected chi connectivity index (χ2v) is 6.31. The summed E-state index contributed by atoms with van der Waals surface area (Å²) in [4.78, 5) is 27.5. The minimum absolute atomic E-state index is 0.0579. The van der Waals surface area contributed by atoms with Gasteiger partial charge in [0.2, 0.25) is 0 Å². The summed E-state index contributed by atoms with van der Waals surface area (Å²) in [6.45, 7) is 1.28. The number of likely N-dealkylation sites (tertiary alicyclic amines) is 1. The molecule has 0 unspecified atom stereocenters. The number of piperidine rings is 1. The average Bonchev–Trinajstić information content (AvgIpc) is 3.23. The fourth-order valence-corrected chi connectivity index (χ4v) is 3.34. The number of carbonyl (C=O) groups is 1. The van der Waals surface area contributed by atoms with Crippen LogP contribution in [0.5, 0.6) is 0 Å². The SMILES string of the molecule is O=C(c1ccc(F)cc1)N1CCC(c2nccnc2-n2ccnc2)CC1. The number of imidazole rings is 1. The molecule has 3 aromatic rings. The van der Waals surface area contributed by atoms with Gasteiger partial charge < -0.3 is 4.90 Å². The molecule has 6 nitrogen and oxygen atoms in total. The van der Waals surface area contributed by atoms with Crippen LogP contribution in [0.25, 0.3) is 5.82 Å². The molecular formula is C19H18FN5O. The molecule has 3 heterocycles. The van der Waals surface area contributed by atoms with Crippen molar-refractivity contribution in [1.29, 1.82) is 0 Å². The second kappa shape index (κ2) is 7.03. The Labute approximate surface area is 150 Å². The first-order chi connectivity index (χ1) is 12.7. The predicted octanol–water partition coefficient (Wildman–Crippen LogP) is 2.82. The number of hydrogen-bond donors (Lipinski definition) is 0. The van der Waals surface area contributed by atoms with E-state index in [1.54, 1.807) is 24.9 Å². The quantitative estimate of drug-likeness (QED) is 0.728. The van der Waals surface area contributed by atoms with Crippen LogP contribution in [-0.4, -0.2) is 43.4 Å². The van der Waals surface area contributed by atoms with Gasteiger partial charge in [-0.2, -0.15) is 0 Å². The van der Waals surface area contributed by atoms with Crippen molar-refractivity contribution in [3.63, 3.8) is 0 Å². The van der Waals surface area contributed by atoms with Crippen molar-refractivity contribution in [1.82, 2.24) is 24.4 Å². The molecule has 1 fully saturated rings. The molecule has 0 aliphatic carbocycles. The number of hydrogen-bond acceptors (Lipinski definition) is 4. The normalized spacial score (nSPS) is 15.2. The van der Waals surface area contributed by atoms with E-state index in [0.717, 1.165) is 24.4 Å². The second-order valence-electron chi connectivity index (χ2n) is 6.31. The highest BCUT2D eigenvalue weighted by atomic mass is 19.1. The lowest BCUT2D eigenvalue weighted by molar-refractivity contribution is 0.0712. The number of benzene rings is 1.